The van der Waals surface area contributed by atoms with Crippen LogP contribution in [0.2, 0.25) is 0 Å². The number of hydrogen-bond donors (Lipinski definition) is 1. The van der Waals surface area contributed by atoms with E-state index in [2.05, 4.69) is 15.2 Å². The van der Waals surface area contributed by atoms with Crippen molar-refractivity contribution in [1.29, 1.82) is 0 Å². The third kappa shape index (κ3) is 4.15. The molecule has 0 aliphatic rings. The highest BCUT2D eigenvalue weighted by molar-refractivity contribution is 6.02. The summed E-state index contributed by atoms with van der Waals surface area (Å²) in [5.41, 5.74) is 2.17. The first-order valence-corrected chi connectivity index (χ1v) is 6.48. The Balaban J connectivity index is 1.96. The third-order valence-electron chi connectivity index (χ3n) is 3.03. The maximum absolute atomic E-state index is 12.0. The van der Waals surface area contributed by atoms with Crippen molar-refractivity contribution in [1.82, 2.24) is 9.78 Å². The molecular formula is C15H15F2N3O2. The van der Waals surface area contributed by atoms with E-state index in [-0.39, 0.29) is 11.7 Å². The molecule has 1 N–H and O–H groups in total. The van der Waals surface area contributed by atoms with Crippen LogP contribution < -0.4 is 10.1 Å². The van der Waals surface area contributed by atoms with Crippen molar-refractivity contribution in [3.63, 3.8) is 0 Å². The molecule has 0 bridgehead atoms. The molecule has 0 radical (unpaired) electrons. The molecule has 0 spiro atoms. The molecule has 7 heteroatoms. The molecule has 0 atom stereocenters. The van der Waals surface area contributed by atoms with Crippen molar-refractivity contribution < 1.29 is 18.3 Å². The molecule has 0 unspecified atom stereocenters. The van der Waals surface area contributed by atoms with Gasteiger partial charge in [-0.3, -0.25) is 9.48 Å². The smallest absolute Gasteiger partial charge is 0.387 e. The molecule has 1 aromatic carbocycles. The molecule has 0 aliphatic heterocycles. The Morgan fingerprint density at radius 2 is 2.05 bits per heavy atom. The van der Waals surface area contributed by atoms with Crippen molar-refractivity contribution in [2.75, 3.05) is 5.32 Å². The fourth-order valence-electron chi connectivity index (χ4n) is 1.73. The standard InChI is InChI=1S/C15H15F2N3O2/c1-10-13(9-18-20(10)2)19-14(21)8-5-11-3-6-12(7-4-11)22-15(16)17/h3-9,15H,1-2H3,(H,19,21)/b8-5-. The molecule has 2 rings (SSSR count). The second-order valence-corrected chi connectivity index (χ2v) is 4.54. The number of alkyl halides is 2. The Morgan fingerprint density at radius 1 is 1.36 bits per heavy atom. The van der Waals surface area contributed by atoms with E-state index in [1.807, 2.05) is 6.92 Å². The molecule has 0 aliphatic carbocycles. The highest BCUT2D eigenvalue weighted by Crippen LogP contribution is 2.16. The summed E-state index contributed by atoms with van der Waals surface area (Å²) in [7, 11) is 1.78. The van der Waals surface area contributed by atoms with Gasteiger partial charge in [-0.2, -0.15) is 13.9 Å². The van der Waals surface area contributed by atoms with Crippen LogP contribution in [0.15, 0.2) is 36.5 Å². The summed E-state index contributed by atoms with van der Waals surface area (Å²) in [6.45, 7) is -1.01. The van der Waals surface area contributed by atoms with Gasteiger partial charge in [0.05, 0.1) is 17.6 Å². The van der Waals surface area contributed by atoms with Crippen LogP contribution in [0, 0.1) is 6.92 Å². The summed E-state index contributed by atoms with van der Waals surface area (Å²) in [4.78, 5) is 11.8. The fourth-order valence-corrected chi connectivity index (χ4v) is 1.73. The van der Waals surface area contributed by atoms with Crippen molar-refractivity contribution in [2.24, 2.45) is 7.05 Å². The quantitative estimate of drug-likeness (QED) is 0.864. The molecule has 0 saturated carbocycles. The van der Waals surface area contributed by atoms with Crippen molar-refractivity contribution >= 4 is 17.7 Å². The normalized spacial score (nSPS) is 11.1. The summed E-state index contributed by atoms with van der Waals surface area (Å²) in [5, 5.41) is 6.73. The van der Waals surface area contributed by atoms with Gasteiger partial charge in [-0.1, -0.05) is 12.1 Å². The van der Waals surface area contributed by atoms with E-state index in [0.717, 1.165) is 5.69 Å². The van der Waals surface area contributed by atoms with Gasteiger partial charge in [0.15, 0.2) is 0 Å². The fraction of sp³-hybridized carbons (Fsp3) is 0.200. The lowest BCUT2D eigenvalue weighted by atomic mass is 10.2. The number of aryl methyl sites for hydroxylation is 1. The number of nitrogens with zero attached hydrogens (tertiary/aromatic N) is 2. The van der Waals surface area contributed by atoms with Crippen LogP contribution in [0.3, 0.4) is 0 Å². The monoisotopic (exact) mass is 307 g/mol. The largest absolute Gasteiger partial charge is 0.435 e. The van der Waals surface area contributed by atoms with E-state index in [1.165, 1.54) is 18.2 Å². The van der Waals surface area contributed by atoms with Crippen LogP contribution in [-0.2, 0) is 11.8 Å². The maximum Gasteiger partial charge on any atom is 0.387 e. The number of benzene rings is 1. The Labute approximate surface area is 126 Å². The second-order valence-electron chi connectivity index (χ2n) is 4.54. The number of carbonyl (C=O) groups is 1. The van der Waals surface area contributed by atoms with Crippen molar-refractivity contribution in [2.45, 2.75) is 13.5 Å². The van der Waals surface area contributed by atoms with Gasteiger partial charge in [-0.25, -0.2) is 0 Å². The minimum Gasteiger partial charge on any atom is -0.435 e. The maximum atomic E-state index is 12.0. The molecule has 116 valence electrons. The van der Waals surface area contributed by atoms with Gasteiger partial charge >= 0.3 is 6.61 Å². The predicted molar refractivity (Wildman–Crippen MR) is 78.7 cm³/mol. The number of ether oxygens (including phenoxy) is 1. The van der Waals surface area contributed by atoms with Crippen LogP contribution in [0.25, 0.3) is 6.08 Å². The van der Waals surface area contributed by atoms with E-state index in [0.29, 0.717) is 11.3 Å². The number of aromatic nitrogens is 2. The minimum atomic E-state index is -2.85. The summed E-state index contributed by atoms with van der Waals surface area (Å²) >= 11 is 0. The highest BCUT2D eigenvalue weighted by Gasteiger charge is 2.06. The zero-order valence-electron chi connectivity index (χ0n) is 12.1. The average molecular weight is 307 g/mol. The SMILES string of the molecule is Cc1c(NC(=O)/C=C\c2ccc(OC(F)F)cc2)cnn1C. The van der Waals surface area contributed by atoms with Gasteiger partial charge in [-0.05, 0) is 30.7 Å². The van der Waals surface area contributed by atoms with Gasteiger partial charge in [0.2, 0.25) is 5.91 Å². The van der Waals surface area contributed by atoms with Crippen LogP contribution in [0.4, 0.5) is 14.5 Å². The first-order chi connectivity index (χ1) is 10.5. The van der Waals surface area contributed by atoms with Gasteiger partial charge in [-0.15, -0.1) is 0 Å². The Hall–Kier alpha value is -2.70. The lowest BCUT2D eigenvalue weighted by Gasteiger charge is -2.04. The number of rotatable bonds is 5. The summed E-state index contributed by atoms with van der Waals surface area (Å²) in [6, 6.07) is 5.98. The van der Waals surface area contributed by atoms with E-state index in [9.17, 15) is 13.6 Å². The van der Waals surface area contributed by atoms with Crippen LogP contribution >= 0.6 is 0 Å². The summed E-state index contributed by atoms with van der Waals surface area (Å²) in [6.07, 6.45) is 4.50. The third-order valence-corrected chi connectivity index (χ3v) is 3.03. The molecule has 0 fully saturated rings. The minimum absolute atomic E-state index is 0.0718. The lowest BCUT2D eigenvalue weighted by molar-refractivity contribution is -0.111. The second kappa shape index (κ2) is 6.84. The first-order valence-electron chi connectivity index (χ1n) is 6.48. The summed E-state index contributed by atoms with van der Waals surface area (Å²) in [5.74, 6) is -0.230. The van der Waals surface area contributed by atoms with Gasteiger partial charge < -0.3 is 10.1 Å². The summed E-state index contributed by atoms with van der Waals surface area (Å²) < 4.78 is 29.9. The number of carbonyl (C=O) groups excluding carboxylic acids is 1. The Bertz CT molecular complexity index is 679. The molecule has 1 amide bonds. The van der Waals surface area contributed by atoms with Crippen molar-refractivity contribution in [3.05, 3.63) is 47.8 Å². The number of hydrogen-bond acceptors (Lipinski definition) is 3. The van der Waals surface area contributed by atoms with Crippen LogP contribution in [0.5, 0.6) is 5.75 Å². The zero-order chi connectivity index (χ0) is 16.1. The molecule has 1 aromatic heterocycles. The zero-order valence-corrected chi connectivity index (χ0v) is 12.1. The average Bonchev–Trinajstić information content (AvgIpc) is 2.78. The van der Waals surface area contributed by atoms with E-state index in [4.69, 9.17) is 0 Å². The Kier molecular flexibility index (Phi) is 4.88. The molecule has 1 heterocycles. The predicted octanol–water partition coefficient (Wildman–Crippen LogP) is 2.98. The Morgan fingerprint density at radius 3 is 2.59 bits per heavy atom. The lowest BCUT2D eigenvalue weighted by Crippen LogP contribution is -2.08. The van der Waals surface area contributed by atoms with Gasteiger partial charge in [0.25, 0.3) is 0 Å². The highest BCUT2D eigenvalue weighted by atomic mass is 19.3. The van der Waals surface area contributed by atoms with Crippen LogP contribution in [0.1, 0.15) is 11.3 Å². The molecule has 0 saturated heterocycles. The van der Waals surface area contributed by atoms with Crippen molar-refractivity contribution in [3.8, 4) is 5.75 Å². The topological polar surface area (TPSA) is 56.1 Å². The van der Waals surface area contributed by atoms with E-state index in [1.54, 1.807) is 36.1 Å². The number of nitrogens with one attached hydrogen (secondary N) is 1. The molecule has 5 nitrogen and oxygen atoms in total. The van der Waals surface area contributed by atoms with Crippen LogP contribution in [-0.4, -0.2) is 22.3 Å². The molecule has 2 aromatic rings. The van der Waals surface area contributed by atoms with Gasteiger partial charge in [0.1, 0.15) is 5.75 Å². The number of anilines is 1. The first kappa shape index (κ1) is 15.7. The molecular weight excluding hydrogens is 292 g/mol. The van der Waals surface area contributed by atoms with Gasteiger partial charge in [0, 0.05) is 13.1 Å². The number of halogens is 2. The molecule has 22 heavy (non-hydrogen) atoms. The number of amides is 1. The van der Waals surface area contributed by atoms with E-state index < -0.39 is 6.61 Å². The van der Waals surface area contributed by atoms with E-state index >= 15 is 0 Å².